The number of nitrogens with zero attached hydrogens (tertiary/aromatic N) is 2. The van der Waals surface area contributed by atoms with E-state index in [1.165, 1.54) is 12.3 Å². The molecule has 0 fully saturated rings. The second-order valence-electron chi connectivity index (χ2n) is 6.35. The molecule has 1 heterocycles. The number of para-hydroxylation sites is 1. The summed E-state index contributed by atoms with van der Waals surface area (Å²) in [6, 6.07) is 20.0. The van der Waals surface area contributed by atoms with Crippen molar-refractivity contribution in [2.24, 2.45) is 0 Å². The Morgan fingerprint density at radius 3 is 2.41 bits per heavy atom. The summed E-state index contributed by atoms with van der Waals surface area (Å²) in [5.41, 5.74) is 2.36. The van der Waals surface area contributed by atoms with E-state index in [-0.39, 0.29) is 17.5 Å². The molecule has 0 atom stereocenters. The molecule has 148 valence electrons. The number of anilines is 1. The van der Waals surface area contributed by atoms with Crippen LogP contribution in [0.1, 0.15) is 33.3 Å². The quantitative estimate of drug-likeness (QED) is 0.669. The monoisotopic (exact) mass is 389 g/mol. The number of pyridine rings is 1. The highest BCUT2D eigenvalue weighted by Crippen LogP contribution is 2.17. The van der Waals surface area contributed by atoms with Crippen LogP contribution in [0.2, 0.25) is 0 Å². The molecule has 1 aromatic heterocycles. The second-order valence-corrected chi connectivity index (χ2v) is 6.35. The summed E-state index contributed by atoms with van der Waals surface area (Å²) >= 11 is 0. The molecule has 0 saturated heterocycles. The molecule has 3 rings (SSSR count). The lowest BCUT2D eigenvalue weighted by Crippen LogP contribution is -2.31. The van der Waals surface area contributed by atoms with Gasteiger partial charge in [-0.25, -0.2) is 0 Å². The lowest BCUT2D eigenvalue weighted by Gasteiger charge is -2.21. The first-order valence-electron chi connectivity index (χ1n) is 9.36. The average Bonchev–Trinajstić information content (AvgIpc) is 2.79. The number of rotatable bonds is 7. The molecule has 6 heteroatoms. The lowest BCUT2D eigenvalue weighted by molar-refractivity contribution is 0.0946. The second kappa shape index (κ2) is 9.50. The van der Waals surface area contributed by atoms with E-state index in [1.54, 1.807) is 18.1 Å². The molecule has 2 amide bonds. The van der Waals surface area contributed by atoms with E-state index < -0.39 is 0 Å². The first kappa shape index (κ1) is 20.1. The largest absolute Gasteiger partial charge is 0.497 e. The number of amides is 2. The molecule has 0 radical (unpaired) electrons. The maximum Gasteiger partial charge on any atom is 0.270 e. The first-order valence-corrected chi connectivity index (χ1v) is 9.36. The Balaban J connectivity index is 1.70. The Labute approximate surface area is 170 Å². The summed E-state index contributed by atoms with van der Waals surface area (Å²) < 4.78 is 5.13. The van der Waals surface area contributed by atoms with Gasteiger partial charge in [0.2, 0.25) is 0 Å². The number of hydrogen-bond acceptors (Lipinski definition) is 4. The molecule has 0 unspecified atom stereocenters. The van der Waals surface area contributed by atoms with Gasteiger partial charge in [0.1, 0.15) is 11.4 Å². The predicted molar refractivity (Wildman–Crippen MR) is 112 cm³/mol. The molecule has 0 aliphatic heterocycles. The van der Waals surface area contributed by atoms with Gasteiger partial charge in [-0.3, -0.25) is 14.6 Å². The molecule has 3 aromatic rings. The van der Waals surface area contributed by atoms with Crippen LogP contribution in [0.25, 0.3) is 0 Å². The van der Waals surface area contributed by atoms with Gasteiger partial charge in [0, 0.05) is 30.5 Å². The van der Waals surface area contributed by atoms with Crippen molar-refractivity contribution in [2.75, 3.05) is 18.6 Å². The van der Waals surface area contributed by atoms with Gasteiger partial charge in [0.15, 0.2) is 0 Å². The van der Waals surface area contributed by atoms with E-state index in [1.807, 2.05) is 61.5 Å². The van der Waals surface area contributed by atoms with E-state index >= 15 is 0 Å². The van der Waals surface area contributed by atoms with E-state index in [0.29, 0.717) is 18.7 Å². The number of hydrogen-bond donors (Lipinski definition) is 1. The van der Waals surface area contributed by atoms with Crippen molar-refractivity contribution in [3.8, 4) is 5.75 Å². The van der Waals surface area contributed by atoms with Crippen LogP contribution in [0.15, 0.2) is 72.9 Å². The SMILES string of the molecule is CCN(C(=O)c1ccnc(C(=O)NCc2ccc(OC)cc2)c1)c1ccccc1. The van der Waals surface area contributed by atoms with Crippen LogP contribution < -0.4 is 15.0 Å². The van der Waals surface area contributed by atoms with Gasteiger partial charge in [0.05, 0.1) is 7.11 Å². The molecular weight excluding hydrogens is 366 g/mol. The van der Waals surface area contributed by atoms with Crippen molar-refractivity contribution in [2.45, 2.75) is 13.5 Å². The van der Waals surface area contributed by atoms with Gasteiger partial charge < -0.3 is 15.0 Å². The molecule has 0 spiro atoms. The van der Waals surface area contributed by atoms with E-state index in [0.717, 1.165) is 17.0 Å². The smallest absolute Gasteiger partial charge is 0.270 e. The van der Waals surface area contributed by atoms with Gasteiger partial charge in [-0.2, -0.15) is 0 Å². The normalized spacial score (nSPS) is 10.3. The number of ether oxygens (including phenoxy) is 1. The number of nitrogens with one attached hydrogen (secondary N) is 1. The standard InChI is InChI=1S/C23H23N3O3/c1-3-26(19-7-5-4-6-8-19)23(28)18-13-14-24-21(15-18)22(27)25-16-17-9-11-20(29-2)12-10-17/h4-15H,3,16H2,1-2H3,(H,25,27). The number of aromatic nitrogens is 1. The van der Waals surface area contributed by atoms with Crippen LogP contribution >= 0.6 is 0 Å². The van der Waals surface area contributed by atoms with Crippen molar-refractivity contribution < 1.29 is 14.3 Å². The molecule has 29 heavy (non-hydrogen) atoms. The molecule has 0 bridgehead atoms. The molecule has 2 aromatic carbocycles. The minimum atomic E-state index is -0.335. The fourth-order valence-corrected chi connectivity index (χ4v) is 2.91. The van der Waals surface area contributed by atoms with Crippen LogP contribution in [-0.4, -0.2) is 30.5 Å². The summed E-state index contributed by atoms with van der Waals surface area (Å²) in [5.74, 6) is 0.246. The lowest BCUT2D eigenvalue weighted by atomic mass is 10.1. The van der Waals surface area contributed by atoms with Crippen molar-refractivity contribution in [3.05, 3.63) is 89.7 Å². The third-order valence-corrected chi connectivity index (χ3v) is 4.48. The Kier molecular flexibility index (Phi) is 6.58. The average molecular weight is 389 g/mol. The van der Waals surface area contributed by atoms with Gasteiger partial charge in [-0.05, 0) is 48.9 Å². The van der Waals surface area contributed by atoms with Crippen LogP contribution in [-0.2, 0) is 6.54 Å². The maximum absolute atomic E-state index is 12.9. The molecule has 1 N–H and O–H groups in total. The summed E-state index contributed by atoms with van der Waals surface area (Å²) in [6.07, 6.45) is 1.48. The fraction of sp³-hybridized carbons (Fsp3) is 0.174. The van der Waals surface area contributed by atoms with Crippen molar-refractivity contribution >= 4 is 17.5 Å². The number of benzene rings is 2. The van der Waals surface area contributed by atoms with Crippen molar-refractivity contribution in [1.82, 2.24) is 10.3 Å². The van der Waals surface area contributed by atoms with Gasteiger partial charge in [-0.15, -0.1) is 0 Å². The highest BCUT2D eigenvalue weighted by atomic mass is 16.5. The molecule has 0 aliphatic rings. The topological polar surface area (TPSA) is 71.5 Å². The van der Waals surface area contributed by atoms with E-state index in [4.69, 9.17) is 4.74 Å². The summed E-state index contributed by atoms with van der Waals surface area (Å²) in [6.45, 7) is 2.78. The van der Waals surface area contributed by atoms with Crippen LogP contribution in [0.4, 0.5) is 5.69 Å². The first-order chi connectivity index (χ1) is 14.1. The highest BCUT2D eigenvalue weighted by molar-refractivity contribution is 6.07. The van der Waals surface area contributed by atoms with Crippen molar-refractivity contribution in [3.63, 3.8) is 0 Å². The Hall–Kier alpha value is -3.67. The van der Waals surface area contributed by atoms with Gasteiger partial charge in [0.25, 0.3) is 11.8 Å². The maximum atomic E-state index is 12.9. The summed E-state index contributed by atoms with van der Waals surface area (Å²) in [7, 11) is 1.61. The molecular formula is C23H23N3O3. The molecule has 0 aliphatic carbocycles. The third kappa shape index (κ3) is 4.99. The molecule has 0 saturated carbocycles. The minimum Gasteiger partial charge on any atom is -0.497 e. The summed E-state index contributed by atoms with van der Waals surface area (Å²) in [4.78, 5) is 31.2. The highest BCUT2D eigenvalue weighted by Gasteiger charge is 2.18. The Morgan fingerprint density at radius 2 is 1.76 bits per heavy atom. The van der Waals surface area contributed by atoms with Crippen molar-refractivity contribution in [1.29, 1.82) is 0 Å². The van der Waals surface area contributed by atoms with Gasteiger partial charge in [-0.1, -0.05) is 30.3 Å². The van der Waals surface area contributed by atoms with E-state index in [2.05, 4.69) is 10.3 Å². The van der Waals surface area contributed by atoms with Crippen LogP contribution in [0.5, 0.6) is 5.75 Å². The zero-order chi connectivity index (χ0) is 20.6. The fourth-order valence-electron chi connectivity index (χ4n) is 2.91. The van der Waals surface area contributed by atoms with Gasteiger partial charge >= 0.3 is 0 Å². The summed E-state index contributed by atoms with van der Waals surface area (Å²) in [5, 5.41) is 2.83. The number of carbonyl (C=O) groups excluding carboxylic acids is 2. The molecule has 6 nitrogen and oxygen atoms in total. The zero-order valence-electron chi connectivity index (χ0n) is 16.5. The van der Waals surface area contributed by atoms with Crippen LogP contribution in [0, 0.1) is 0 Å². The zero-order valence-corrected chi connectivity index (χ0v) is 16.5. The minimum absolute atomic E-state index is 0.176. The Bertz CT molecular complexity index is 972. The third-order valence-electron chi connectivity index (χ3n) is 4.48. The van der Waals surface area contributed by atoms with E-state index in [9.17, 15) is 9.59 Å². The number of methoxy groups -OCH3 is 1. The predicted octanol–water partition coefficient (Wildman–Crippen LogP) is 3.69. The Morgan fingerprint density at radius 1 is 1.03 bits per heavy atom. The number of carbonyl (C=O) groups is 2. The van der Waals surface area contributed by atoms with Crippen LogP contribution in [0.3, 0.4) is 0 Å².